The van der Waals surface area contributed by atoms with Crippen LogP contribution in [0.15, 0.2) is 18.2 Å². The third-order valence-corrected chi connectivity index (χ3v) is 4.09. The molecule has 8 nitrogen and oxygen atoms in total. The van der Waals surface area contributed by atoms with E-state index in [1.807, 2.05) is 5.01 Å². The van der Waals surface area contributed by atoms with Crippen LogP contribution in [0.1, 0.15) is 12.0 Å². The molecule has 1 aliphatic rings. The summed E-state index contributed by atoms with van der Waals surface area (Å²) in [5, 5.41) is 15.5. The van der Waals surface area contributed by atoms with Gasteiger partial charge < -0.3 is 10.2 Å². The number of piperazine rings is 1. The zero-order chi connectivity index (χ0) is 19.3. The largest absolute Gasteiger partial charge is 0.416 e. The van der Waals surface area contributed by atoms with E-state index in [0.29, 0.717) is 6.07 Å². The zero-order valence-corrected chi connectivity index (χ0v) is 14.2. The summed E-state index contributed by atoms with van der Waals surface area (Å²) < 4.78 is 38.0. The van der Waals surface area contributed by atoms with Crippen LogP contribution in [0.25, 0.3) is 0 Å². The maximum atomic E-state index is 12.7. The van der Waals surface area contributed by atoms with Gasteiger partial charge in [0.25, 0.3) is 5.69 Å². The zero-order valence-electron chi connectivity index (χ0n) is 14.2. The number of nitrogens with one attached hydrogen (secondary N) is 3. The molecule has 1 aromatic rings. The number of hydrogen-bond donors (Lipinski definition) is 3. The number of halogens is 3. The number of likely N-dealkylation sites (N-methyl/N-ethyl adjacent to an activating group) is 1. The second kappa shape index (κ2) is 8.32. The van der Waals surface area contributed by atoms with Gasteiger partial charge >= 0.3 is 6.18 Å². The van der Waals surface area contributed by atoms with E-state index in [9.17, 15) is 28.1 Å². The molecule has 0 atom stereocenters. The molecule has 0 saturated carbocycles. The first kappa shape index (κ1) is 19.9. The molecule has 0 aliphatic carbocycles. The molecule has 0 aromatic heterocycles. The van der Waals surface area contributed by atoms with Crippen LogP contribution in [0, 0.1) is 10.1 Å². The molecule has 11 heteroatoms. The number of rotatable bonds is 6. The molecule has 1 heterocycles. The maximum Gasteiger partial charge on any atom is 0.416 e. The molecular weight excluding hydrogens is 355 g/mol. The van der Waals surface area contributed by atoms with Gasteiger partial charge in [-0.1, -0.05) is 0 Å². The number of nitro benzene ring substituents is 1. The number of anilines is 1. The quantitative estimate of drug-likeness (QED) is 0.490. The second-order valence-corrected chi connectivity index (χ2v) is 6.14. The maximum absolute atomic E-state index is 12.7. The van der Waals surface area contributed by atoms with Gasteiger partial charge in [0.1, 0.15) is 5.69 Å². The van der Waals surface area contributed by atoms with E-state index in [0.717, 1.165) is 38.3 Å². The SMILES string of the molecule is C[NH+]1CCN(NC(=O)CCNc2ccc(C(F)(F)F)cc2[N+](=O)[O-])CC1. The van der Waals surface area contributed by atoms with Crippen molar-refractivity contribution in [2.45, 2.75) is 12.6 Å². The Morgan fingerprint density at radius 1 is 1.35 bits per heavy atom. The van der Waals surface area contributed by atoms with Crippen molar-refractivity contribution in [2.24, 2.45) is 0 Å². The summed E-state index contributed by atoms with van der Waals surface area (Å²) in [5.41, 5.74) is 0.923. The highest BCUT2D eigenvalue weighted by Gasteiger charge is 2.33. The Morgan fingerprint density at radius 2 is 2.00 bits per heavy atom. The van der Waals surface area contributed by atoms with E-state index in [1.54, 1.807) is 0 Å². The van der Waals surface area contributed by atoms with E-state index < -0.39 is 22.4 Å². The van der Waals surface area contributed by atoms with E-state index in [-0.39, 0.29) is 24.6 Å². The molecule has 1 aromatic carbocycles. The molecule has 0 radical (unpaired) electrons. The highest BCUT2D eigenvalue weighted by molar-refractivity contribution is 5.76. The molecule has 144 valence electrons. The summed E-state index contributed by atoms with van der Waals surface area (Å²) in [6, 6.07) is 2.25. The van der Waals surface area contributed by atoms with E-state index >= 15 is 0 Å². The third kappa shape index (κ3) is 5.56. The minimum atomic E-state index is -4.66. The Labute approximate surface area is 148 Å². The lowest BCUT2D eigenvalue weighted by Crippen LogP contribution is -3.12. The molecule has 0 spiro atoms. The number of carbonyl (C=O) groups excluding carboxylic acids is 1. The summed E-state index contributed by atoms with van der Waals surface area (Å²) in [6.07, 6.45) is -4.62. The lowest BCUT2D eigenvalue weighted by Gasteiger charge is -2.30. The van der Waals surface area contributed by atoms with Gasteiger partial charge in [-0.3, -0.25) is 20.3 Å². The highest BCUT2D eigenvalue weighted by atomic mass is 19.4. The summed E-state index contributed by atoms with van der Waals surface area (Å²) in [7, 11) is 2.07. The van der Waals surface area contributed by atoms with Gasteiger partial charge in [0.15, 0.2) is 0 Å². The Bertz CT molecular complexity index is 660. The Kier molecular flexibility index (Phi) is 6.37. The smallest absolute Gasteiger partial charge is 0.379 e. The number of nitrogens with zero attached hydrogens (tertiary/aromatic N) is 2. The van der Waals surface area contributed by atoms with Gasteiger partial charge in [-0.05, 0) is 12.1 Å². The number of hydrogen-bond acceptors (Lipinski definition) is 5. The number of quaternary nitrogens is 1. The minimum absolute atomic E-state index is 0.0391. The normalized spacial score (nSPS) is 16.3. The number of amides is 1. The van der Waals surface area contributed by atoms with E-state index in [4.69, 9.17) is 0 Å². The highest BCUT2D eigenvalue weighted by Crippen LogP contribution is 2.34. The molecule has 1 saturated heterocycles. The van der Waals surface area contributed by atoms with Crippen LogP contribution in [-0.2, 0) is 11.0 Å². The topological polar surface area (TPSA) is 92.0 Å². The average Bonchev–Trinajstić information content (AvgIpc) is 2.56. The van der Waals surface area contributed by atoms with Crippen LogP contribution >= 0.6 is 0 Å². The van der Waals surface area contributed by atoms with Crippen molar-refractivity contribution >= 4 is 17.3 Å². The monoisotopic (exact) mass is 376 g/mol. The van der Waals surface area contributed by atoms with Crippen molar-refractivity contribution in [2.75, 3.05) is 45.1 Å². The van der Waals surface area contributed by atoms with Gasteiger partial charge in [0.05, 0.1) is 43.7 Å². The first-order valence-corrected chi connectivity index (χ1v) is 8.12. The second-order valence-electron chi connectivity index (χ2n) is 6.14. The van der Waals surface area contributed by atoms with Gasteiger partial charge in [0.2, 0.25) is 5.91 Å². The van der Waals surface area contributed by atoms with Gasteiger partial charge in [0, 0.05) is 19.0 Å². The first-order chi connectivity index (χ1) is 12.2. The van der Waals surface area contributed by atoms with E-state index in [2.05, 4.69) is 17.8 Å². The first-order valence-electron chi connectivity index (χ1n) is 8.12. The molecule has 1 fully saturated rings. The van der Waals surface area contributed by atoms with Crippen LogP contribution in [0.5, 0.6) is 0 Å². The van der Waals surface area contributed by atoms with Crippen molar-refractivity contribution in [3.63, 3.8) is 0 Å². The number of nitro groups is 1. The van der Waals surface area contributed by atoms with Crippen LogP contribution in [0.2, 0.25) is 0 Å². The van der Waals surface area contributed by atoms with Gasteiger partial charge in [-0.25, -0.2) is 5.01 Å². The standard InChI is InChI=1S/C15H20F3N5O3/c1-21-6-8-22(9-7-21)20-14(24)4-5-19-12-3-2-11(15(16,17)18)10-13(12)23(25)26/h2-3,10,19H,4-9H2,1H3,(H,20,24)/p+1. The van der Waals surface area contributed by atoms with Crippen molar-refractivity contribution < 1.29 is 27.8 Å². The molecule has 0 bridgehead atoms. The lowest BCUT2D eigenvalue weighted by atomic mass is 10.1. The number of hydrazine groups is 1. The molecular formula is C15H21F3N5O3+. The Morgan fingerprint density at radius 3 is 2.58 bits per heavy atom. The predicted molar refractivity (Wildman–Crippen MR) is 87.5 cm³/mol. The van der Waals surface area contributed by atoms with Crippen LogP contribution < -0.4 is 15.6 Å². The van der Waals surface area contributed by atoms with Crippen LogP contribution in [0.3, 0.4) is 0 Å². The molecule has 2 rings (SSSR count). The predicted octanol–water partition coefficient (Wildman–Crippen LogP) is 0.277. The fourth-order valence-corrected chi connectivity index (χ4v) is 2.55. The number of alkyl halides is 3. The minimum Gasteiger partial charge on any atom is -0.379 e. The molecule has 26 heavy (non-hydrogen) atoms. The number of carbonyl (C=O) groups is 1. The summed E-state index contributed by atoms with van der Waals surface area (Å²) >= 11 is 0. The Balaban J connectivity index is 1.88. The fraction of sp³-hybridized carbons (Fsp3) is 0.533. The summed E-state index contributed by atoms with van der Waals surface area (Å²) in [4.78, 5) is 23.4. The fourth-order valence-electron chi connectivity index (χ4n) is 2.55. The summed E-state index contributed by atoms with van der Waals surface area (Å²) in [5.74, 6) is -0.258. The average molecular weight is 376 g/mol. The van der Waals surface area contributed by atoms with Crippen molar-refractivity contribution in [3.05, 3.63) is 33.9 Å². The van der Waals surface area contributed by atoms with Crippen LogP contribution in [0.4, 0.5) is 24.5 Å². The van der Waals surface area contributed by atoms with Gasteiger partial charge in [-0.15, -0.1) is 0 Å². The number of benzene rings is 1. The van der Waals surface area contributed by atoms with E-state index in [1.165, 1.54) is 4.90 Å². The molecule has 1 amide bonds. The van der Waals surface area contributed by atoms with Crippen molar-refractivity contribution in [1.82, 2.24) is 10.4 Å². The lowest BCUT2D eigenvalue weighted by molar-refractivity contribution is -0.884. The van der Waals surface area contributed by atoms with Crippen molar-refractivity contribution in [1.29, 1.82) is 0 Å². The summed E-state index contributed by atoms with van der Waals surface area (Å²) in [6.45, 7) is 3.36. The Hall–Kier alpha value is -2.40. The van der Waals surface area contributed by atoms with Gasteiger partial charge in [-0.2, -0.15) is 13.2 Å². The molecule has 0 unspecified atom stereocenters. The third-order valence-electron chi connectivity index (χ3n) is 4.09. The molecule has 3 N–H and O–H groups in total. The van der Waals surface area contributed by atoms with Crippen molar-refractivity contribution in [3.8, 4) is 0 Å². The molecule has 1 aliphatic heterocycles. The van der Waals surface area contributed by atoms with Crippen LogP contribution in [-0.4, -0.2) is 55.6 Å².